The number of rotatable bonds is 5. The standard InChI is InChI=1S/C16H26N4O/c1-3-11-6-5-7-14(8-11)19-16(21)12-9-13(4-2)18-15(10-12)20-17/h9-11,14H,3-8,17H2,1-2H3,(H,18,20)(H,19,21). The van der Waals surface area contributed by atoms with E-state index < -0.39 is 0 Å². The van der Waals surface area contributed by atoms with E-state index in [4.69, 9.17) is 5.84 Å². The Morgan fingerprint density at radius 2 is 2.19 bits per heavy atom. The van der Waals surface area contributed by atoms with E-state index in [-0.39, 0.29) is 5.91 Å². The Morgan fingerprint density at radius 1 is 1.38 bits per heavy atom. The van der Waals surface area contributed by atoms with Gasteiger partial charge in [-0.15, -0.1) is 0 Å². The van der Waals surface area contributed by atoms with E-state index in [0.29, 0.717) is 17.4 Å². The molecular formula is C16H26N4O. The van der Waals surface area contributed by atoms with Crippen LogP contribution in [0.4, 0.5) is 5.82 Å². The van der Waals surface area contributed by atoms with Crippen molar-refractivity contribution in [2.75, 3.05) is 5.43 Å². The van der Waals surface area contributed by atoms with Gasteiger partial charge in [-0.3, -0.25) is 4.79 Å². The van der Waals surface area contributed by atoms with Crippen LogP contribution >= 0.6 is 0 Å². The van der Waals surface area contributed by atoms with Crippen LogP contribution in [0.1, 0.15) is 62.0 Å². The zero-order valence-electron chi connectivity index (χ0n) is 13.0. The first kappa shape index (κ1) is 15.8. The second-order valence-corrected chi connectivity index (χ2v) is 5.84. The van der Waals surface area contributed by atoms with E-state index in [9.17, 15) is 4.79 Å². The average molecular weight is 290 g/mol. The normalized spacial score (nSPS) is 21.9. The Bertz CT molecular complexity index is 467. The smallest absolute Gasteiger partial charge is 0.251 e. The second kappa shape index (κ2) is 7.41. The summed E-state index contributed by atoms with van der Waals surface area (Å²) >= 11 is 0. The van der Waals surface area contributed by atoms with Crippen LogP contribution in [0.15, 0.2) is 12.1 Å². The first-order valence-corrected chi connectivity index (χ1v) is 7.94. The molecular weight excluding hydrogens is 264 g/mol. The molecule has 2 rings (SSSR count). The fourth-order valence-corrected chi connectivity index (χ4v) is 3.04. The van der Waals surface area contributed by atoms with E-state index in [0.717, 1.165) is 30.9 Å². The molecule has 0 bridgehead atoms. The number of aryl methyl sites for hydroxylation is 1. The van der Waals surface area contributed by atoms with Gasteiger partial charge in [0, 0.05) is 17.3 Å². The third-order valence-corrected chi connectivity index (χ3v) is 4.35. The van der Waals surface area contributed by atoms with Crippen LogP contribution in [-0.2, 0) is 6.42 Å². The van der Waals surface area contributed by atoms with E-state index >= 15 is 0 Å². The number of hydrogen-bond acceptors (Lipinski definition) is 4. The second-order valence-electron chi connectivity index (χ2n) is 5.84. The van der Waals surface area contributed by atoms with Crippen molar-refractivity contribution >= 4 is 11.7 Å². The van der Waals surface area contributed by atoms with E-state index in [1.807, 2.05) is 13.0 Å². The molecule has 0 spiro atoms. The van der Waals surface area contributed by atoms with Crippen molar-refractivity contribution in [2.45, 2.75) is 58.4 Å². The maximum Gasteiger partial charge on any atom is 0.251 e. The van der Waals surface area contributed by atoms with Crippen LogP contribution < -0.4 is 16.6 Å². The molecule has 5 nitrogen and oxygen atoms in total. The highest BCUT2D eigenvalue weighted by molar-refractivity contribution is 5.95. The van der Waals surface area contributed by atoms with Gasteiger partial charge in [0.1, 0.15) is 5.82 Å². The molecule has 1 aliphatic rings. The number of hydrazine groups is 1. The van der Waals surface area contributed by atoms with Crippen LogP contribution in [0.2, 0.25) is 0 Å². The van der Waals surface area contributed by atoms with Crippen molar-refractivity contribution in [3.05, 3.63) is 23.4 Å². The summed E-state index contributed by atoms with van der Waals surface area (Å²) < 4.78 is 0. The van der Waals surface area contributed by atoms with Gasteiger partial charge in [-0.25, -0.2) is 10.8 Å². The average Bonchev–Trinajstić information content (AvgIpc) is 2.54. The number of carbonyl (C=O) groups is 1. The number of nitrogens with zero attached hydrogens (tertiary/aromatic N) is 1. The number of aromatic nitrogens is 1. The van der Waals surface area contributed by atoms with Crippen LogP contribution in [-0.4, -0.2) is 16.9 Å². The molecule has 0 radical (unpaired) electrons. The van der Waals surface area contributed by atoms with Crippen molar-refractivity contribution in [3.8, 4) is 0 Å². The number of nitrogens with one attached hydrogen (secondary N) is 2. The number of anilines is 1. The molecule has 1 heterocycles. The van der Waals surface area contributed by atoms with E-state index in [1.54, 1.807) is 6.07 Å². The Morgan fingerprint density at radius 3 is 2.86 bits per heavy atom. The minimum absolute atomic E-state index is 0.0228. The number of amides is 1. The molecule has 1 amide bonds. The zero-order valence-corrected chi connectivity index (χ0v) is 13.0. The van der Waals surface area contributed by atoms with Gasteiger partial charge < -0.3 is 10.7 Å². The molecule has 0 aromatic carbocycles. The Hall–Kier alpha value is -1.62. The topological polar surface area (TPSA) is 80.0 Å². The van der Waals surface area contributed by atoms with Gasteiger partial charge >= 0.3 is 0 Å². The predicted octanol–water partition coefficient (Wildman–Crippen LogP) is 2.63. The molecule has 4 N–H and O–H groups in total. The van der Waals surface area contributed by atoms with Gasteiger partial charge in [0.2, 0.25) is 0 Å². The molecule has 21 heavy (non-hydrogen) atoms. The maximum absolute atomic E-state index is 12.4. The molecule has 1 aromatic heterocycles. The van der Waals surface area contributed by atoms with Gasteiger partial charge in [-0.2, -0.15) is 0 Å². The summed E-state index contributed by atoms with van der Waals surface area (Å²) in [6.07, 6.45) is 6.64. The maximum atomic E-state index is 12.4. The first-order valence-electron chi connectivity index (χ1n) is 7.94. The van der Waals surface area contributed by atoms with Crippen LogP contribution in [0.5, 0.6) is 0 Å². The molecule has 5 heteroatoms. The Kier molecular flexibility index (Phi) is 5.56. The van der Waals surface area contributed by atoms with E-state index in [2.05, 4.69) is 22.7 Å². The van der Waals surface area contributed by atoms with Crippen LogP contribution in [0.25, 0.3) is 0 Å². The predicted molar refractivity (Wildman–Crippen MR) is 84.9 cm³/mol. The molecule has 0 aliphatic heterocycles. The largest absolute Gasteiger partial charge is 0.349 e. The molecule has 116 valence electrons. The molecule has 0 saturated heterocycles. The minimum Gasteiger partial charge on any atom is -0.349 e. The van der Waals surface area contributed by atoms with Crippen molar-refractivity contribution in [1.82, 2.24) is 10.3 Å². The summed E-state index contributed by atoms with van der Waals surface area (Å²) in [5.74, 6) is 6.68. The number of hydrogen-bond donors (Lipinski definition) is 3. The zero-order chi connectivity index (χ0) is 15.2. The van der Waals surface area contributed by atoms with Crippen molar-refractivity contribution in [1.29, 1.82) is 0 Å². The molecule has 1 aromatic rings. The summed E-state index contributed by atoms with van der Waals surface area (Å²) in [4.78, 5) is 16.7. The van der Waals surface area contributed by atoms with Crippen molar-refractivity contribution in [2.24, 2.45) is 11.8 Å². The van der Waals surface area contributed by atoms with Gasteiger partial charge in [0.25, 0.3) is 5.91 Å². The lowest BCUT2D eigenvalue weighted by atomic mass is 9.84. The minimum atomic E-state index is -0.0228. The summed E-state index contributed by atoms with van der Waals surface area (Å²) in [6, 6.07) is 3.84. The monoisotopic (exact) mass is 290 g/mol. The first-order chi connectivity index (χ1) is 10.2. The van der Waals surface area contributed by atoms with Gasteiger partial charge in [0.15, 0.2) is 0 Å². The lowest BCUT2D eigenvalue weighted by Crippen LogP contribution is -2.38. The molecule has 1 saturated carbocycles. The summed E-state index contributed by atoms with van der Waals surface area (Å²) in [5.41, 5.74) is 4.02. The van der Waals surface area contributed by atoms with Crippen molar-refractivity contribution < 1.29 is 4.79 Å². The highest BCUT2D eigenvalue weighted by atomic mass is 16.1. The van der Waals surface area contributed by atoms with E-state index in [1.165, 1.54) is 19.3 Å². The number of carbonyl (C=O) groups excluding carboxylic acids is 1. The highest BCUT2D eigenvalue weighted by Crippen LogP contribution is 2.26. The van der Waals surface area contributed by atoms with Crippen molar-refractivity contribution in [3.63, 3.8) is 0 Å². The van der Waals surface area contributed by atoms with Crippen LogP contribution in [0, 0.1) is 5.92 Å². The molecule has 2 atom stereocenters. The fraction of sp³-hybridized carbons (Fsp3) is 0.625. The van der Waals surface area contributed by atoms with Gasteiger partial charge in [-0.05, 0) is 37.3 Å². The SMILES string of the molecule is CCc1cc(C(=O)NC2CCCC(CC)C2)cc(NN)n1. The highest BCUT2D eigenvalue weighted by Gasteiger charge is 2.22. The summed E-state index contributed by atoms with van der Waals surface area (Å²) in [7, 11) is 0. The number of nitrogen functional groups attached to an aromatic ring is 1. The Labute approximate surface area is 126 Å². The lowest BCUT2D eigenvalue weighted by Gasteiger charge is -2.29. The molecule has 1 aliphatic carbocycles. The van der Waals surface area contributed by atoms with Gasteiger partial charge in [-0.1, -0.05) is 33.1 Å². The molecule has 2 unspecified atom stereocenters. The van der Waals surface area contributed by atoms with Crippen LogP contribution in [0.3, 0.4) is 0 Å². The third-order valence-electron chi connectivity index (χ3n) is 4.35. The number of nitrogens with two attached hydrogens (primary N) is 1. The quantitative estimate of drug-likeness (QED) is 0.575. The number of pyridine rings is 1. The Balaban J connectivity index is 2.05. The lowest BCUT2D eigenvalue weighted by molar-refractivity contribution is 0.0919. The summed E-state index contributed by atoms with van der Waals surface area (Å²) in [5, 5.41) is 3.17. The van der Waals surface area contributed by atoms with Gasteiger partial charge in [0.05, 0.1) is 0 Å². The molecule has 1 fully saturated rings. The summed E-state index contributed by atoms with van der Waals surface area (Å²) in [6.45, 7) is 4.24. The third kappa shape index (κ3) is 4.17. The fourth-order valence-electron chi connectivity index (χ4n) is 3.04.